The number of carbonyl (C=O) groups excluding carboxylic acids is 1. The highest BCUT2D eigenvalue weighted by Crippen LogP contribution is 2.38. The Bertz CT molecular complexity index is 1210. The van der Waals surface area contributed by atoms with Gasteiger partial charge in [-0.2, -0.15) is 0 Å². The number of nitrogens with zero attached hydrogens (tertiary/aromatic N) is 1. The Morgan fingerprint density at radius 1 is 1.03 bits per heavy atom. The zero-order chi connectivity index (χ0) is 20.7. The molecule has 2 N–H and O–H groups in total. The van der Waals surface area contributed by atoms with Gasteiger partial charge in [0.25, 0.3) is 0 Å². The molecule has 0 bridgehead atoms. The minimum atomic E-state index is -0.172. The summed E-state index contributed by atoms with van der Waals surface area (Å²) in [6, 6.07) is 23.7. The molecule has 30 heavy (non-hydrogen) atoms. The lowest BCUT2D eigenvalue weighted by Crippen LogP contribution is -2.43. The third-order valence-electron chi connectivity index (χ3n) is 5.78. The molecule has 1 aromatic heterocycles. The van der Waals surface area contributed by atoms with Gasteiger partial charge in [0.2, 0.25) is 0 Å². The van der Waals surface area contributed by atoms with E-state index in [0.717, 1.165) is 28.9 Å². The molecule has 1 aliphatic heterocycles. The van der Waals surface area contributed by atoms with Crippen LogP contribution in [0.1, 0.15) is 28.4 Å². The summed E-state index contributed by atoms with van der Waals surface area (Å²) in [7, 11) is 0. The maximum absolute atomic E-state index is 13.3. The smallest absolute Gasteiger partial charge is 0.322 e. The zero-order valence-electron chi connectivity index (χ0n) is 16.7. The number of fused-ring (bicyclic) bond motifs is 3. The highest BCUT2D eigenvalue weighted by Gasteiger charge is 2.34. The van der Waals surface area contributed by atoms with E-state index in [1.165, 1.54) is 16.5 Å². The van der Waals surface area contributed by atoms with E-state index in [1.54, 1.807) is 12.1 Å². The number of amides is 2. The molecule has 4 nitrogen and oxygen atoms in total. The first-order chi connectivity index (χ1) is 14.6. The lowest BCUT2D eigenvalue weighted by molar-refractivity contribution is 0.193. The van der Waals surface area contributed by atoms with Crippen LogP contribution >= 0.6 is 11.6 Å². The first kappa shape index (κ1) is 18.8. The van der Waals surface area contributed by atoms with Gasteiger partial charge in [-0.1, -0.05) is 59.6 Å². The molecule has 1 atom stereocenters. The van der Waals surface area contributed by atoms with Crippen molar-refractivity contribution in [1.82, 2.24) is 9.88 Å². The fraction of sp³-hybridized carbons (Fsp3) is 0.160. The molecular formula is C25H22ClN3O. The van der Waals surface area contributed by atoms with Gasteiger partial charge in [0.1, 0.15) is 0 Å². The molecule has 1 unspecified atom stereocenters. The molecule has 3 aromatic carbocycles. The van der Waals surface area contributed by atoms with E-state index in [9.17, 15) is 4.79 Å². The van der Waals surface area contributed by atoms with Crippen LogP contribution in [0.4, 0.5) is 10.5 Å². The monoisotopic (exact) mass is 415 g/mol. The summed E-state index contributed by atoms with van der Waals surface area (Å²) < 4.78 is 0. The van der Waals surface area contributed by atoms with Crippen LogP contribution in [0, 0.1) is 6.92 Å². The van der Waals surface area contributed by atoms with Gasteiger partial charge in [-0.25, -0.2) is 4.79 Å². The maximum atomic E-state index is 13.3. The summed E-state index contributed by atoms with van der Waals surface area (Å²) >= 11 is 5.98. The number of anilines is 1. The molecule has 2 heterocycles. The average Bonchev–Trinajstić information content (AvgIpc) is 3.14. The van der Waals surface area contributed by atoms with E-state index in [1.807, 2.05) is 23.1 Å². The van der Waals surface area contributed by atoms with E-state index in [0.29, 0.717) is 11.6 Å². The van der Waals surface area contributed by atoms with Crippen LogP contribution < -0.4 is 5.32 Å². The van der Waals surface area contributed by atoms with Crippen LogP contribution in [0.3, 0.4) is 0 Å². The van der Waals surface area contributed by atoms with Crippen LogP contribution in [-0.2, 0) is 6.42 Å². The Kier molecular flexibility index (Phi) is 4.72. The van der Waals surface area contributed by atoms with E-state index in [-0.39, 0.29) is 12.1 Å². The number of benzene rings is 3. The third kappa shape index (κ3) is 3.33. The predicted molar refractivity (Wildman–Crippen MR) is 122 cm³/mol. The van der Waals surface area contributed by atoms with Crippen LogP contribution in [0.2, 0.25) is 5.02 Å². The molecule has 0 spiro atoms. The molecule has 0 fully saturated rings. The maximum Gasteiger partial charge on any atom is 0.322 e. The number of H-pyrrole nitrogens is 1. The van der Waals surface area contributed by atoms with Gasteiger partial charge in [-0.05, 0) is 54.8 Å². The Balaban J connectivity index is 1.56. The molecule has 5 heteroatoms. The van der Waals surface area contributed by atoms with E-state index < -0.39 is 0 Å². The molecule has 2 amide bonds. The Labute approximate surface area is 180 Å². The second-order valence-electron chi connectivity index (χ2n) is 7.76. The first-order valence-corrected chi connectivity index (χ1v) is 10.5. The van der Waals surface area contributed by atoms with E-state index in [2.05, 4.69) is 59.7 Å². The van der Waals surface area contributed by atoms with Gasteiger partial charge in [-0.15, -0.1) is 0 Å². The first-order valence-electron chi connectivity index (χ1n) is 10.1. The molecule has 5 rings (SSSR count). The Morgan fingerprint density at radius 3 is 2.53 bits per heavy atom. The van der Waals surface area contributed by atoms with Crippen LogP contribution in [0.25, 0.3) is 10.9 Å². The van der Waals surface area contributed by atoms with Gasteiger partial charge in [0.15, 0.2) is 0 Å². The van der Waals surface area contributed by atoms with Gasteiger partial charge >= 0.3 is 6.03 Å². The van der Waals surface area contributed by atoms with Crippen molar-refractivity contribution in [2.75, 3.05) is 11.9 Å². The fourth-order valence-electron chi connectivity index (χ4n) is 4.28. The highest BCUT2D eigenvalue weighted by molar-refractivity contribution is 6.30. The number of para-hydroxylation sites is 1. The molecule has 0 saturated carbocycles. The highest BCUT2D eigenvalue weighted by atomic mass is 35.5. The number of hydrogen-bond acceptors (Lipinski definition) is 1. The number of aryl methyl sites for hydroxylation is 1. The van der Waals surface area contributed by atoms with Gasteiger partial charge in [-0.3, -0.25) is 0 Å². The van der Waals surface area contributed by atoms with Crippen LogP contribution in [-0.4, -0.2) is 22.5 Å². The summed E-state index contributed by atoms with van der Waals surface area (Å²) in [5.74, 6) is 0. The number of hydrogen-bond donors (Lipinski definition) is 2. The summed E-state index contributed by atoms with van der Waals surface area (Å²) in [6.07, 6.45) is 0.815. The SMILES string of the molecule is Cc1ccc(C2c3[nH]c4ccccc4c3CCN2C(=O)Nc2ccc(Cl)cc2)cc1. The molecule has 0 aliphatic carbocycles. The topological polar surface area (TPSA) is 48.1 Å². The van der Waals surface area contributed by atoms with Crippen molar-refractivity contribution in [3.05, 3.63) is 100 Å². The molecule has 0 radical (unpaired) electrons. The normalized spacial score (nSPS) is 15.8. The summed E-state index contributed by atoms with van der Waals surface area (Å²) in [5.41, 5.74) is 6.53. The van der Waals surface area contributed by atoms with E-state index in [4.69, 9.17) is 11.6 Å². The summed E-state index contributed by atoms with van der Waals surface area (Å²) in [4.78, 5) is 18.8. The summed E-state index contributed by atoms with van der Waals surface area (Å²) in [5, 5.41) is 4.91. The Hall–Kier alpha value is -3.24. The second kappa shape index (κ2) is 7.54. The lowest BCUT2D eigenvalue weighted by Gasteiger charge is -2.36. The zero-order valence-corrected chi connectivity index (χ0v) is 17.4. The quantitative estimate of drug-likeness (QED) is 0.396. The van der Waals surface area contributed by atoms with Gasteiger partial charge < -0.3 is 15.2 Å². The van der Waals surface area contributed by atoms with Gasteiger partial charge in [0, 0.05) is 33.9 Å². The number of carbonyl (C=O) groups is 1. The minimum absolute atomic E-state index is 0.118. The minimum Gasteiger partial charge on any atom is -0.356 e. The lowest BCUT2D eigenvalue weighted by atomic mass is 9.92. The molecule has 0 saturated heterocycles. The third-order valence-corrected chi connectivity index (χ3v) is 6.04. The van der Waals surface area contributed by atoms with Crippen molar-refractivity contribution < 1.29 is 4.79 Å². The largest absolute Gasteiger partial charge is 0.356 e. The summed E-state index contributed by atoms with van der Waals surface area (Å²) in [6.45, 7) is 2.72. The fourth-order valence-corrected chi connectivity index (χ4v) is 4.41. The molecule has 4 aromatic rings. The Morgan fingerprint density at radius 2 is 1.77 bits per heavy atom. The number of halogens is 1. The molecule has 150 valence electrons. The number of rotatable bonds is 2. The van der Waals surface area contributed by atoms with Crippen molar-refractivity contribution in [3.8, 4) is 0 Å². The van der Waals surface area contributed by atoms with Crippen molar-refractivity contribution in [2.45, 2.75) is 19.4 Å². The number of aromatic amines is 1. The number of aromatic nitrogens is 1. The molecule has 1 aliphatic rings. The van der Waals surface area contributed by atoms with Crippen molar-refractivity contribution in [2.24, 2.45) is 0 Å². The molecular weight excluding hydrogens is 394 g/mol. The second-order valence-corrected chi connectivity index (χ2v) is 8.19. The predicted octanol–water partition coefficient (Wildman–Crippen LogP) is 6.31. The van der Waals surface area contributed by atoms with Crippen LogP contribution in [0.5, 0.6) is 0 Å². The van der Waals surface area contributed by atoms with Crippen molar-refractivity contribution in [3.63, 3.8) is 0 Å². The van der Waals surface area contributed by atoms with Crippen molar-refractivity contribution >= 4 is 34.2 Å². The average molecular weight is 416 g/mol. The standard InChI is InChI=1S/C25H22ClN3O/c1-16-6-8-17(9-7-16)24-23-21(20-4-2-3-5-22(20)28-23)14-15-29(24)25(30)27-19-12-10-18(26)11-13-19/h2-13,24,28H,14-15H2,1H3,(H,27,30). The van der Waals surface area contributed by atoms with Crippen LogP contribution in [0.15, 0.2) is 72.8 Å². The van der Waals surface area contributed by atoms with E-state index >= 15 is 0 Å². The number of nitrogens with one attached hydrogen (secondary N) is 2. The van der Waals surface area contributed by atoms with Crippen molar-refractivity contribution in [1.29, 1.82) is 0 Å². The van der Waals surface area contributed by atoms with Gasteiger partial charge in [0.05, 0.1) is 6.04 Å². The number of urea groups is 1.